The van der Waals surface area contributed by atoms with Crippen molar-refractivity contribution in [3.05, 3.63) is 33.8 Å². The average molecular weight is 302 g/mol. The topological polar surface area (TPSA) is 21.3 Å². The first-order valence-electron chi connectivity index (χ1n) is 6.91. The summed E-state index contributed by atoms with van der Waals surface area (Å²) in [6.07, 6.45) is 6.21. The maximum absolute atomic E-state index is 6.17. The van der Waals surface area contributed by atoms with E-state index < -0.39 is 0 Å². The molecule has 0 amide bonds. The summed E-state index contributed by atoms with van der Waals surface area (Å²) >= 11 is 12.1. The van der Waals surface area contributed by atoms with E-state index in [-0.39, 0.29) is 0 Å². The van der Waals surface area contributed by atoms with E-state index in [1.54, 1.807) is 13.2 Å². The third-order valence-corrected chi connectivity index (χ3v) is 4.41. The summed E-state index contributed by atoms with van der Waals surface area (Å²) in [5.41, 5.74) is 1.14. The molecule has 1 aromatic carbocycles. The fourth-order valence-corrected chi connectivity index (χ4v) is 3.23. The Morgan fingerprint density at radius 1 is 1.26 bits per heavy atom. The van der Waals surface area contributed by atoms with E-state index in [9.17, 15) is 0 Å². The lowest BCUT2D eigenvalue weighted by Gasteiger charge is -2.31. The van der Waals surface area contributed by atoms with Crippen LogP contribution < -0.4 is 5.32 Å². The van der Waals surface area contributed by atoms with Crippen LogP contribution in [0, 0.1) is 0 Å². The van der Waals surface area contributed by atoms with Gasteiger partial charge in [0, 0.05) is 23.2 Å². The average Bonchev–Trinajstić information content (AvgIpc) is 2.42. The van der Waals surface area contributed by atoms with E-state index in [2.05, 4.69) is 5.32 Å². The molecule has 1 saturated carbocycles. The third kappa shape index (κ3) is 4.35. The molecule has 0 aliphatic heterocycles. The highest BCUT2D eigenvalue weighted by Gasteiger charge is 2.23. The van der Waals surface area contributed by atoms with Crippen molar-refractivity contribution in [3.63, 3.8) is 0 Å². The molecular formula is C15H21Cl2NO. The zero-order chi connectivity index (χ0) is 13.7. The van der Waals surface area contributed by atoms with Gasteiger partial charge in [0.2, 0.25) is 0 Å². The van der Waals surface area contributed by atoms with Gasteiger partial charge in [-0.2, -0.15) is 0 Å². The number of ether oxygens (including phenoxy) is 1. The van der Waals surface area contributed by atoms with Gasteiger partial charge in [0.25, 0.3) is 0 Å². The standard InChI is InChI=1S/C15H21Cl2NO/c1-19-15-5-3-2-4-14(15)18-9-8-11-6-7-12(16)10-13(11)17/h6-7,10,14-15,18H,2-5,8-9H2,1H3/t14-,15+/m0/s1. The van der Waals surface area contributed by atoms with Crippen LogP contribution in [0.4, 0.5) is 0 Å². The summed E-state index contributed by atoms with van der Waals surface area (Å²) in [7, 11) is 1.81. The molecule has 2 nitrogen and oxygen atoms in total. The summed E-state index contributed by atoms with van der Waals surface area (Å²) < 4.78 is 5.54. The van der Waals surface area contributed by atoms with Gasteiger partial charge in [0.1, 0.15) is 0 Å². The van der Waals surface area contributed by atoms with Crippen molar-refractivity contribution in [2.24, 2.45) is 0 Å². The van der Waals surface area contributed by atoms with E-state index in [1.165, 1.54) is 19.3 Å². The Kier molecular flexibility index (Phi) is 5.96. The maximum atomic E-state index is 6.17. The molecule has 0 bridgehead atoms. The van der Waals surface area contributed by atoms with Crippen LogP contribution in [0.3, 0.4) is 0 Å². The molecule has 19 heavy (non-hydrogen) atoms. The van der Waals surface area contributed by atoms with E-state index in [0.29, 0.717) is 17.2 Å². The summed E-state index contributed by atoms with van der Waals surface area (Å²) in [6.45, 7) is 0.922. The van der Waals surface area contributed by atoms with E-state index in [4.69, 9.17) is 27.9 Å². The number of methoxy groups -OCH3 is 1. The van der Waals surface area contributed by atoms with Crippen molar-refractivity contribution >= 4 is 23.2 Å². The van der Waals surface area contributed by atoms with Crippen molar-refractivity contribution in [3.8, 4) is 0 Å². The van der Waals surface area contributed by atoms with Gasteiger partial charge < -0.3 is 10.1 Å². The lowest BCUT2D eigenvalue weighted by molar-refractivity contribution is 0.0421. The van der Waals surface area contributed by atoms with Crippen LogP contribution in [-0.2, 0) is 11.2 Å². The quantitative estimate of drug-likeness (QED) is 0.885. The third-order valence-electron chi connectivity index (χ3n) is 3.82. The van der Waals surface area contributed by atoms with Crippen molar-refractivity contribution in [1.29, 1.82) is 0 Å². The zero-order valence-corrected chi connectivity index (χ0v) is 12.8. The number of rotatable bonds is 5. The molecule has 0 unspecified atom stereocenters. The van der Waals surface area contributed by atoms with E-state index in [1.807, 2.05) is 12.1 Å². The first-order valence-corrected chi connectivity index (χ1v) is 7.66. The van der Waals surface area contributed by atoms with Crippen molar-refractivity contribution in [1.82, 2.24) is 5.32 Å². The highest BCUT2D eigenvalue weighted by atomic mass is 35.5. The largest absolute Gasteiger partial charge is 0.380 e. The Labute approximate surface area is 125 Å². The molecule has 4 heteroatoms. The second-order valence-corrected chi connectivity index (χ2v) is 5.95. The Balaban J connectivity index is 1.82. The fourth-order valence-electron chi connectivity index (χ4n) is 2.73. The van der Waals surface area contributed by atoms with Crippen LogP contribution in [0.1, 0.15) is 31.2 Å². The molecule has 106 valence electrons. The molecule has 2 rings (SSSR count). The number of halogens is 2. The second-order valence-electron chi connectivity index (χ2n) is 5.10. The fraction of sp³-hybridized carbons (Fsp3) is 0.600. The van der Waals surface area contributed by atoms with Crippen LogP contribution in [0.5, 0.6) is 0 Å². The van der Waals surface area contributed by atoms with Gasteiger partial charge >= 0.3 is 0 Å². The summed E-state index contributed by atoms with van der Waals surface area (Å²) in [5, 5.41) is 5.04. The van der Waals surface area contributed by atoms with Crippen LogP contribution in [0.2, 0.25) is 10.0 Å². The predicted molar refractivity (Wildman–Crippen MR) is 81.2 cm³/mol. The van der Waals surface area contributed by atoms with Crippen molar-refractivity contribution in [2.45, 2.75) is 44.2 Å². The van der Waals surface area contributed by atoms with Gasteiger partial charge in [-0.25, -0.2) is 0 Å². The lowest BCUT2D eigenvalue weighted by atomic mass is 9.92. The number of benzene rings is 1. The molecule has 2 atom stereocenters. The van der Waals surface area contributed by atoms with E-state index >= 15 is 0 Å². The predicted octanol–water partition coefficient (Wildman–Crippen LogP) is 4.08. The normalized spacial score (nSPS) is 23.5. The minimum absolute atomic E-state index is 0.356. The molecule has 0 spiro atoms. The molecule has 0 radical (unpaired) electrons. The molecule has 0 saturated heterocycles. The van der Waals surface area contributed by atoms with Gasteiger partial charge in [0.15, 0.2) is 0 Å². The van der Waals surface area contributed by atoms with Crippen LogP contribution in [-0.4, -0.2) is 25.8 Å². The minimum Gasteiger partial charge on any atom is -0.380 e. The minimum atomic E-state index is 0.356. The van der Waals surface area contributed by atoms with Gasteiger partial charge in [-0.05, 0) is 43.5 Å². The van der Waals surface area contributed by atoms with Gasteiger partial charge in [-0.3, -0.25) is 0 Å². The van der Waals surface area contributed by atoms with Crippen LogP contribution in [0.15, 0.2) is 18.2 Å². The molecule has 1 aromatic rings. The summed E-state index contributed by atoms with van der Waals surface area (Å²) in [4.78, 5) is 0. The molecule has 1 aliphatic rings. The van der Waals surface area contributed by atoms with Gasteiger partial charge in [-0.1, -0.05) is 42.1 Å². The molecule has 1 fully saturated rings. The van der Waals surface area contributed by atoms with Gasteiger partial charge in [0.05, 0.1) is 6.10 Å². The molecule has 1 aliphatic carbocycles. The lowest BCUT2D eigenvalue weighted by Crippen LogP contribution is -2.43. The number of hydrogen-bond acceptors (Lipinski definition) is 2. The molecular weight excluding hydrogens is 281 g/mol. The molecule has 1 N–H and O–H groups in total. The molecule has 0 heterocycles. The SMILES string of the molecule is CO[C@@H]1CCCC[C@@H]1NCCc1ccc(Cl)cc1Cl. The van der Waals surface area contributed by atoms with Crippen molar-refractivity contribution < 1.29 is 4.74 Å². The Bertz CT molecular complexity index is 411. The second kappa shape index (κ2) is 7.49. The Hall–Kier alpha value is -0.280. The maximum Gasteiger partial charge on any atom is 0.0724 e. The Morgan fingerprint density at radius 2 is 2.05 bits per heavy atom. The monoisotopic (exact) mass is 301 g/mol. The summed E-state index contributed by atoms with van der Waals surface area (Å²) in [6, 6.07) is 6.17. The first-order chi connectivity index (χ1) is 9.20. The summed E-state index contributed by atoms with van der Waals surface area (Å²) in [5.74, 6) is 0. The highest BCUT2D eigenvalue weighted by molar-refractivity contribution is 6.35. The van der Waals surface area contributed by atoms with Crippen molar-refractivity contribution in [2.75, 3.05) is 13.7 Å². The number of hydrogen-bond donors (Lipinski definition) is 1. The highest BCUT2D eigenvalue weighted by Crippen LogP contribution is 2.22. The first kappa shape index (κ1) is 15.1. The van der Waals surface area contributed by atoms with E-state index in [0.717, 1.165) is 30.0 Å². The molecule has 0 aromatic heterocycles. The van der Waals surface area contributed by atoms with Crippen LogP contribution >= 0.6 is 23.2 Å². The Morgan fingerprint density at radius 3 is 2.79 bits per heavy atom. The zero-order valence-electron chi connectivity index (χ0n) is 11.3. The van der Waals surface area contributed by atoms with Crippen LogP contribution in [0.25, 0.3) is 0 Å². The van der Waals surface area contributed by atoms with Gasteiger partial charge in [-0.15, -0.1) is 0 Å². The number of nitrogens with one attached hydrogen (secondary N) is 1. The smallest absolute Gasteiger partial charge is 0.0724 e.